The number of aryl methyl sites for hydroxylation is 1. The molecule has 218 valence electrons. The molecule has 3 N–H and O–H groups in total. The van der Waals surface area contributed by atoms with Gasteiger partial charge in [-0.2, -0.15) is 0 Å². The van der Waals surface area contributed by atoms with Gasteiger partial charge in [-0.3, -0.25) is 14.4 Å². The molecule has 4 amide bonds. The van der Waals surface area contributed by atoms with Gasteiger partial charge in [-0.15, -0.1) is 0 Å². The van der Waals surface area contributed by atoms with Crippen LogP contribution < -0.4 is 16.0 Å². The Kier molecular flexibility index (Phi) is 11.8. The van der Waals surface area contributed by atoms with E-state index >= 15 is 0 Å². The molecule has 2 atom stereocenters. The summed E-state index contributed by atoms with van der Waals surface area (Å²) < 4.78 is 5.35. The monoisotopic (exact) mass is 544 g/mol. The van der Waals surface area contributed by atoms with Crippen molar-refractivity contribution in [2.45, 2.75) is 98.9 Å². The number of hydrogen-bond donors (Lipinski definition) is 3. The van der Waals surface area contributed by atoms with Gasteiger partial charge in [0.2, 0.25) is 17.7 Å². The lowest BCUT2D eigenvalue weighted by Gasteiger charge is -2.35. The molecule has 1 aliphatic heterocycles. The van der Waals surface area contributed by atoms with Gasteiger partial charge in [0.15, 0.2) is 0 Å². The SMILES string of the molecule is Cc1ccc(CNC(=O)[C@@H](NC(=O)C2CCN(C(=O)[C@H](CC(C)C)NC(=O)OC(C)(C)C)CC2)C(C)C)cc1. The number of nitrogens with zero attached hydrogens (tertiary/aromatic N) is 1. The summed E-state index contributed by atoms with van der Waals surface area (Å²) in [4.78, 5) is 53.3. The van der Waals surface area contributed by atoms with E-state index in [1.54, 1.807) is 25.7 Å². The van der Waals surface area contributed by atoms with Gasteiger partial charge in [0.25, 0.3) is 0 Å². The fraction of sp³-hybridized carbons (Fsp3) is 0.667. The van der Waals surface area contributed by atoms with Crippen molar-refractivity contribution in [3.63, 3.8) is 0 Å². The van der Waals surface area contributed by atoms with Crippen LogP contribution in [-0.2, 0) is 25.7 Å². The van der Waals surface area contributed by atoms with Crippen molar-refractivity contribution in [2.24, 2.45) is 17.8 Å². The molecule has 39 heavy (non-hydrogen) atoms. The minimum absolute atomic E-state index is 0.0793. The molecule has 1 aromatic carbocycles. The molecule has 0 spiro atoms. The first kappa shape index (κ1) is 32.1. The summed E-state index contributed by atoms with van der Waals surface area (Å²) in [5, 5.41) is 8.62. The Bertz CT molecular complexity index is 976. The minimum Gasteiger partial charge on any atom is -0.444 e. The van der Waals surface area contributed by atoms with E-state index in [9.17, 15) is 19.2 Å². The highest BCUT2D eigenvalue weighted by atomic mass is 16.6. The van der Waals surface area contributed by atoms with E-state index in [0.717, 1.165) is 11.1 Å². The third-order valence-corrected chi connectivity index (χ3v) is 6.71. The first-order valence-electron chi connectivity index (χ1n) is 14.1. The number of alkyl carbamates (subject to hydrolysis) is 1. The normalized spacial score (nSPS) is 16.0. The van der Waals surface area contributed by atoms with E-state index in [4.69, 9.17) is 4.74 Å². The van der Waals surface area contributed by atoms with Crippen LogP contribution in [0.5, 0.6) is 0 Å². The minimum atomic E-state index is -0.687. The molecule has 0 aliphatic carbocycles. The molecule has 0 unspecified atom stereocenters. The first-order valence-corrected chi connectivity index (χ1v) is 14.1. The molecule has 9 heteroatoms. The molecule has 1 heterocycles. The predicted octanol–water partition coefficient (Wildman–Crippen LogP) is 3.93. The van der Waals surface area contributed by atoms with E-state index < -0.39 is 23.8 Å². The van der Waals surface area contributed by atoms with Crippen LogP contribution in [0.3, 0.4) is 0 Å². The summed E-state index contributed by atoms with van der Waals surface area (Å²) in [5.41, 5.74) is 1.49. The number of likely N-dealkylation sites (tertiary alicyclic amines) is 1. The Morgan fingerprint density at radius 2 is 1.56 bits per heavy atom. The summed E-state index contributed by atoms with van der Waals surface area (Å²) in [6.45, 7) is 16.4. The summed E-state index contributed by atoms with van der Waals surface area (Å²) in [6.07, 6.45) is 0.866. The van der Waals surface area contributed by atoms with Gasteiger partial charge in [-0.25, -0.2) is 4.79 Å². The Balaban J connectivity index is 1.92. The summed E-state index contributed by atoms with van der Waals surface area (Å²) >= 11 is 0. The van der Waals surface area contributed by atoms with Crippen LogP contribution in [0.1, 0.15) is 78.9 Å². The van der Waals surface area contributed by atoms with Crippen LogP contribution in [0.4, 0.5) is 4.79 Å². The maximum absolute atomic E-state index is 13.3. The van der Waals surface area contributed by atoms with Crippen LogP contribution >= 0.6 is 0 Å². The van der Waals surface area contributed by atoms with Gasteiger partial charge in [-0.05, 0) is 64.4 Å². The molecule has 9 nitrogen and oxygen atoms in total. The zero-order valence-corrected chi connectivity index (χ0v) is 24.9. The number of piperidine rings is 1. The number of rotatable bonds is 10. The molecule has 1 aliphatic rings. The highest BCUT2D eigenvalue weighted by molar-refractivity contribution is 5.89. The Morgan fingerprint density at radius 1 is 0.974 bits per heavy atom. The lowest BCUT2D eigenvalue weighted by atomic mass is 9.93. The third kappa shape index (κ3) is 10.9. The van der Waals surface area contributed by atoms with Crippen molar-refractivity contribution >= 4 is 23.8 Å². The lowest BCUT2D eigenvalue weighted by Crippen LogP contribution is -2.54. The highest BCUT2D eigenvalue weighted by Gasteiger charge is 2.34. The van der Waals surface area contributed by atoms with Crippen molar-refractivity contribution in [2.75, 3.05) is 13.1 Å². The fourth-order valence-corrected chi connectivity index (χ4v) is 4.54. The van der Waals surface area contributed by atoms with Crippen molar-refractivity contribution in [3.05, 3.63) is 35.4 Å². The van der Waals surface area contributed by atoms with Gasteiger partial charge < -0.3 is 25.6 Å². The fourth-order valence-electron chi connectivity index (χ4n) is 4.54. The second kappa shape index (κ2) is 14.3. The molecule has 1 saturated heterocycles. The topological polar surface area (TPSA) is 117 Å². The van der Waals surface area contributed by atoms with Gasteiger partial charge in [-0.1, -0.05) is 57.5 Å². The number of benzene rings is 1. The standard InChI is InChI=1S/C30H48N4O5/c1-19(2)17-24(32-29(38)39-30(6,7)8)28(37)34-15-13-23(14-16-34)26(35)33-25(20(3)4)27(36)31-18-22-11-9-21(5)10-12-22/h9-12,19-20,23-25H,13-18H2,1-8H3,(H,31,36)(H,32,38)(H,33,35)/t24-,25-/m0/s1. The number of ether oxygens (including phenoxy) is 1. The first-order chi connectivity index (χ1) is 18.2. The number of hydrogen-bond acceptors (Lipinski definition) is 5. The zero-order chi connectivity index (χ0) is 29.3. The highest BCUT2D eigenvalue weighted by Crippen LogP contribution is 2.20. The van der Waals surface area contributed by atoms with E-state index in [1.807, 2.05) is 58.9 Å². The number of carbonyl (C=O) groups is 4. The maximum Gasteiger partial charge on any atom is 0.408 e. The second-order valence-corrected chi connectivity index (χ2v) is 12.4. The Morgan fingerprint density at radius 3 is 2.08 bits per heavy atom. The molecule has 1 fully saturated rings. The Hall–Kier alpha value is -3.10. The lowest BCUT2D eigenvalue weighted by molar-refractivity contribution is -0.138. The average Bonchev–Trinajstić information content (AvgIpc) is 2.84. The Labute approximate surface area is 233 Å². The van der Waals surface area contributed by atoms with Gasteiger partial charge in [0.05, 0.1) is 0 Å². The molecule has 0 saturated carbocycles. The maximum atomic E-state index is 13.3. The van der Waals surface area contributed by atoms with E-state index in [0.29, 0.717) is 38.9 Å². The predicted molar refractivity (Wildman–Crippen MR) is 152 cm³/mol. The molecular formula is C30H48N4O5. The summed E-state index contributed by atoms with van der Waals surface area (Å²) in [5.74, 6) is -0.716. The molecule has 0 aromatic heterocycles. The van der Waals surface area contributed by atoms with Crippen molar-refractivity contribution in [3.8, 4) is 0 Å². The van der Waals surface area contributed by atoms with Crippen molar-refractivity contribution < 1.29 is 23.9 Å². The van der Waals surface area contributed by atoms with Gasteiger partial charge >= 0.3 is 6.09 Å². The smallest absolute Gasteiger partial charge is 0.408 e. The molecule has 0 radical (unpaired) electrons. The van der Waals surface area contributed by atoms with Crippen LogP contribution in [0, 0.1) is 24.7 Å². The van der Waals surface area contributed by atoms with Crippen molar-refractivity contribution in [1.82, 2.24) is 20.9 Å². The molecule has 0 bridgehead atoms. The van der Waals surface area contributed by atoms with Gasteiger partial charge in [0.1, 0.15) is 17.7 Å². The quantitative estimate of drug-likeness (QED) is 0.413. The largest absolute Gasteiger partial charge is 0.444 e. The van der Waals surface area contributed by atoms with Crippen LogP contribution in [0.15, 0.2) is 24.3 Å². The number of amides is 4. The van der Waals surface area contributed by atoms with E-state index in [-0.39, 0.29) is 35.5 Å². The third-order valence-electron chi connectivity index (χ3n) is 6.71. The molecular weight excluding hydrogens is 496 g/mol. The van der Waals surface area contributed by atoms with Crippen molar-refractivity contribution in [1.29, 1.82) is 0 Å². The second-order valence-electron chi connectivity index (χ2n) is 12.4. The molecule has 1 aromatic rings. The van der Waals surface area contributed by atoms with E-state index in [1.165, 1.54) is 0 Å². The summed E-state index contributed by atoms with van der Waals surface area (Å²) in [6, 6.07) is 6.62. The number of nitrogens with one attached hydrogen (secondary N) is 3. The average molecular weight is 545 g/mol. The van der Waals surface area contributed by atoms with Crippen LogP contribution in [0.25, 0.3) is 0 Å². The van der Waals surface area contributed by atoms with Gasteiger partial charge in [0, 0.05) is 25.6 Å². The zero-order valence-electron chi connectivity index (χ0n) is 24.9. The summed E-state index contributed by atoms with van der Waals surface area (Å²) in [7, 11) is 0. The van der Waals surface area contributed by atoms with E-state index in [2.05, 4.69) is 16.0 Å². The number of carbonyl (C=O) groups excluding carboxylic acids is 4. The van der Waals surface area contributed by atoms with Crippen LogP contribution in [-0.4, -0.2) is 59.5 Å². The molecule has 2 rings (SSSR count). The van der Waals surface area contributed by atoms with Crippen LogP contribution in [0.2, 0.25) is 0 Å².